The van der Waals surface area contributed by atoms with E-state index in [1.165, 1.54) is 3.57 Å². The summed E-state index contributed by atoms with van der Waals surface area (Å²) in [6, 6.07) is 13.9. The Hall–Kier alpha value is -0.750. The first-order chi connectivity index (χ1) is 8.69. The normalized spacial score (nSPS) is 10.2. The van der Waals surface area contributed by atoms with E-state index in [2.05, 4.69) is 38.5 Å². The van der Waals surface area contributed by atoms with Crippen LogP contribution in [0.2, 0.25) is 0 Å². The molecule has 0 radical (unpaired) electrons. The maximum atomic E-state index is 5.71. The van der Waals surface area contributed by atoms with Crippen molar-refractivity contribution in [2.24, 2.45) is 0 Å². The predicted molar refractivity (Wildman–Crippen MR) is 84.2 cm³/mol. The largest absolute Gasteiger partial charge is 0.496 e. The highest BCUT2D eigenvalue weighted by Crippen LogP contribution is 2.26. The van der Waals surface area contributed by atoms with Crippen LogP contribution in [0.1, 0.15) is 5.56 Å². The van der Waals surface area contributed by atoms with E-state index in [1.807, 2.05) is 42.5 Å². The third-order valence-corrected chi connectivity index (χ3v) is 3.77. The van der Waals surface area contributed by atoms with Gasteiger partial charge in [0.05, 0.1) is 11.6 Å². The molecule has 94 valence electrons. The average Bonchev–Trinajstić information content (AvgIpc) is 2.38. The van der Waals surface area contributed by atoms with Gasteiger partial charge in [-0.05, 0) is 80.5 Å². The lowest BCUT2D eigenvalue weighted by Crippen LogP contribution is -1.96. The van der Waals surface area contributed by atoms with Crippen LogP contribution in [0.5, 0.6) is 11.5 Å². The van der Waals surface area contributed by atoms with Gasteiger partial charge < -0.3 is 9.47 Å². The fourth-order valence-corrected chi connectivity index (χ4v) is 2.44. The van der Waals surface area contributed by atoms with Gasteiger partial charge in [0.1, 0.15) is 18.1 Å². The summed E-state index contributed by atoms with van der Waals surface area (Å²) < 4.78 is 13.0. The fraction of sp³-hybridized carbons (Fsp3) is 0.143. The lowest BCUT2D eigenvalue weighted by Gasteiger charge is -2.08. The summed E-state index contributed by atoms with van der Waals surface area (Å²) in [7, 11) is 1.65. The van der Waals surface area contributed by atoms with E-state index < -0.39 is 0 Å². The van der Waals surface area contributed by atoms with E-state index in [0.29, 0.717) is 6.61 Å². The van der Waals surface area contributed by atoms with Crippen molar-refractivity contribution in [2.75, 3.05) is 7.11 Å². The Bertz CT molecular complexity index is 526. The number of hydrogen-bond donors (Lipinski definition) is 0. The molecule has 0 bridgehead atoms. The van der Waals surface area contributed by atoms with Crippen LogP contribution in [0, 0.1) is 3.57 Å². The van der Waals surface area contributed by atoms with Crippen LogP contribution < -0.4 is 9.47 Å². The Morgan fingerprint density at radius 3 is 2.44 bits per heavy atom. The zero-order valence-electron chi connectivity index (χ0n) is 9.82. The van der Waals surface area contributed by atoms with Gasteiger partial charge in [-0.1, -0.05) is 6.07 Å². The van der Waals surface area contributed by atoms with Gasteiger partial charge in [0.25, 0.3) is 0 Å². The van der Waals surface area contributed by atoms with Crippen molar-refractivity contribution in [2.45, 2.75) is 6.61 Å². The number of hydrogen-bond acceptors (Lipinski definition) is 2. The fourth-order valence-electron chi connectivity index (χ4n) is 1.50. The van der Waals surface area contributed by atoms with Crippen molar-refractivity contribution in [3.8, 4) is 11.5 Å². The van der Waals surface area contributed by atoms with Crippen molar-refractivity contribution < 1.29 is 9.47 Å². The molecule has 0 heterocycles. The van der Waals surface area contributed by atoms with E-state index in [4.69, 9.17) is 9.47 Å². The van der Waals surface area contributed by atoms with Crippen molar-refractivity contribution in [1.82, 2.24) is 0 Å². The lowest BCUT2D eigenvalue weighted by molar-refractivity contribution is 0.306. The Balaban J connectivity index is 2.02. The molecule has 0 N–H and O–H groups in total. The summed E-state index contributed by atoms with van der Waals surface area (Å²) in [5, 5.41) is 0. The summed E-state index contributed by atoms with van der Waals surface area (Å²) >= 11 is 5.73. The summed E-state index contributed by atoms with van der Waals surface area (Å²) in [5.41, 5.74) is 1.10. The quantitative estimate of drug-likeness (QED) is 0.673. The Kier molecular flexibility index (Phi) is 4.88. The molecule has 0 atom stereocenters. The van der Waals surface area contributed by atoms with Gasteiger partial charge in [-0.2, -0.15) is 0 Å². The molecule has 0 aromatic heterocycles. The molecule has 0 saturated heterocycles. The minimum atomic E-state index is 0.545. The molecule has 2 aromatic rings. The summed E-state index contributed by atoms with van der Waals surface area (Å²) in [4.78, 5) is 0. The van der Waals surface area contributed by atoms with Crippen molar-refractivity contribution in [3.63, 3.8) is 0 Å². The first kappa shape index (κ1) is 13.7. The van der Waals surface area contributed by atoms with Gasteiger partial charge in [-0.3, -0.25) is 0 Å². The molecule has 0 aliphatic rings. The topological polar surface area (TPSA) is 18.5 Å². The van der Waals surface area contributed by atoms with E-state index >= 15 is 0 Å². The molecule has 0 aliphatic carbocycles. The maximum Gasteiger partial charge on any atom is 0.133 e. The van der Waals surface area contributed by atoms with Crippen LogP contribution in [0.3, 0.4) is 0 Å². The van der Waals surface area contributed by atoms with Crippen LogP contribution in [0.25, 0.3) is 0 Å². The van der Waals surface area contributed by atoms with Gasteiger partial charge in [0, 0.05) is 3.57 Å². The lowest BCUT2D eigenvalue weighted by atomic mass is 10.2. The van der Waals surface area contributed by atoms with Crippen molar-refractivity contribution in [3.05, 3.63) is 56.1 Å². The molecule has 0 amide bonds. The zero-order valence-corrected chi connectivity index (χ0v) is 13.6. The van der Waals surface area contributed by atoms with Gasteiger partial charge in [-0.15, -0.1) is 0 Å². The highest BCUT2D eigenvalue weighted by atomic mass is 127. The second-order valence-corrected chi connectivity index (χ2v) is 5.81. The van der Waals surface area contributed by atoms with Gasteiger partial charge in [-0.25, -0.2) is 0 Å². The van der Waals surface area contributed by atoms with Gasteiger partial charge in [0.2, 0.25) is 0 Å². The molecule has 4 heteroatoms. The molecule has 2 aromatic carbocycles. The van der Waals surface area contributed by atoms with Crippen LogP contribution in [0.4, 0.5) is 0 Å². The Labute approximate surface area is 129 Å². The molecular weight excluding hydrogens is 407 g/mol. The minimum Gasteiger partial charge on any atom is -0.496 e. The second-order valence-electron chi connectivity index (χ2n) is 3.71. The monoisotopic (exact) mass is 418 g/mol. The Morgan fingerprint density at radius 1 is 1.11 bits per heavy atom. The third kappa shape index (κ3) is 3.62. The van der Waals surface area contributed by atoms with Crippen LogP contribution in [-0.4, -0.2) is 7.11 Å². The highest BCUT2D eigenvalue weighted by molar-refractivity contribution is 14.1. The van der Waals surface area contributed by atoms with Crippen molar-refractivity contribution >= 4 is 38.5 Å². The molecule has 0 saturated carbocycles. The van der Waals surface area contributed by atoms with Crippen molar-refractivity contribution in [1.29, 1.82) is 0 Å². The first-order valence-corrected chi connectivity index (χ1v) is 7.27. The van der Waals surface area contributed by atoms with E-state index in [-0.39, 0.29) is 0 Å². The summed E-state index contributed by atoms with van der Waals surface area (Å²) in [5.74, 6) is 1.70. The second kappa shape index (κ2) is 6.43. The number of methoxy groups -OCH3 is 1. The number of rotatable bonds is 4. The highest BCUT2D eigenvalue weighted by Gasteiger charge is 2.02. The third-order valence-electron chi connectivity index (χ3n) is 2.44. The molecule has 0 unspecified atom stereocenters. The smallest absolute Gasteiger partial charge is 0.133 e. The number of benzene rings is 2. The number of ether oxygens (including phenoxy) is 2. The molecule has 18 heavy (non-hydrogen) atoms. The predicted octanol–water partition coefficient (Wildman–Crippen LogP) is 4.64. The first-order valence-electron chi connectivity index (χ1n) is 5.40. The Morgan fingerprint density at radius 2 is 1.83 bits per heavy atom. The number of halogens is 2. The zero-order chi connectivity index (χ0) is 13.0. The summed E-state index contributed by atoms with van der Waals surface area (Å²) in [6.07, 6.45) is 0. The molecule has 2 rings (SSSR count). The molecular formula is C14H12BrIO2. The molecule has 0 aliphatic heterocycles. The van der Waals surface area contributed by atoms with E-state index in [9.17, 15) is 0 Å². The van der Waals surface area contributed by atoms with Gasteiger partial charge >= 0.3 is 0 Å². The van der Waals surface area contributed by atoms with Crippen LogP contribution in [0.15, 0.2) is 46.9 Å². The summed E-state index contributed by atoms with van der Waals surface area (Å²) in [6.45, 7) is 0.545. The van der Waals surface area contributed by atoms with Gasteiger partial charge in [0.15, 0.2) is 0 Å². The molecule has 2 nitrogen and oxygen atoms in total. The molecule has 0 fully saturated rings. The average molecular weight is 419 g/mol. The van der Waals surface area contributed by atoms with E-state index in [0.717, 1.165) is 21.5 Å². The van der Waals surface area contributed by atoms with Crippen LogP contribution in [-0.2, 0) is 6.61 Å². The van der Waals surface area contributed by atoms with Crippen LogP contribution >= 0.6 is 38.5 Å². The maximum absolute atomic E-state index is 5.71. The SMILES string of the molecule is COc1ccc(COc2ccc(I)cc2)cc1Br. The van der Waals surface area contributed by atoms with E-state index in [1.54, 1.807) is 7.11 Å². The standard InChI is InChI=1S/C14H12BrIO2/c1-17-14-7-2-10(8-13(14)15)9-18-12-5-3-11(16)4-6-12/h2-8H,9H2,1H3. The molecule has 0 spiro atoms. The minimum absolute atomic E-state index is 0.545.